The molecule has 0 spiro atoms. The van der Waals surface area contributed by atoms with Gasteiger partial charge in [0.2, 0.25) is 0 Å². The number of nitrogens with one attached hydrogen (secondary N) is 1. The topological polar surface area (TPSA) is 86.6 Å². The normalized spacial score (nSPS) is 24.2. The molecule has 2 aromatic heterocycles. The van der Waals surface area contributed by atoms with Crippen LogP contribution in [0.15, 0.2) is 48.7 Å². The second-order valence-electron chi connectivity index (χ2n) is 16.6. The third-order valence-electron chi connectivity index (χ3n) is 12.5. The van der Waals surface area contributed by atoms with E-state index in [-0.39, 0.29) is 41.7 Å². The summed E-state index contributed by atoms with van der Waals surface area (Å²) in [5, 5.41) is 16.5. The highest BCUT2D eigenvalue weighted by molar-refractivity contribution is 6.90. The number of fused-ring (bicyclic) bond motifs is 5. The summed E-state index contributed by atoms with van der Waals surface area (Å²) >= 11 is 0. The highest BCUT2D eigenvalue weighted by Crippen LogP contribution is 2.43. The first-order valence-corrected chi connectivity index (χ1v) is 21.5. The molecule has 8 rings (SSSR count). The molecular formula is C42H50F2N6O2Si. The molecule has 8 nitrogen and oxygen atoms in total. The molecule has 11 heteroatoms. The summed E-state index contributed by atoms with van der Waals surface area (Å²) in [5.41, 5.74) is 6.15. The van der Waals surface area contributed by atoms with Crippen LogP contribution in [-0.4, -0.2) is 89.6 Å². The number of aromatic nitrogens is 3. The first-order valence-electron chi connectivity index (χ1n) is 19.3. The third kappa shape index (κ3) is 6.17. The van der Waals surface area contributed by atoms with Gasteiger partial charge in [-0.3, -0.25) is 9.88 Å². The fraction of sp³-hybridized carbons (Fsp3) is 0.500. The minimum atomic E-state index is -2.09. The number of halogens is 2. The van der Waals surface area contributed by atoms with Gasteiger partial charge in [-0.2, -0.15) is 9.97 Å². The summed E-state index contributed by atoms with van der Waals surface area (Å²) < 4.78 is 38.3. The molecule has 53 heavy (non-hydrogen) atoms. The van der Waals surface area contributed by atoms with Gasteiger partial charge in [-0.1, -0.05) is 71.7 Å². The summed E-state index contributed by atoms with van der Waals surface area (Å²) in [4.78, 5) is 18.7. The minimum Gasteiger partial charge on any atom is -0.508 e. The highest BCUT2D eigenvalue weighted by atomic mass is 28.3. The number of benzene rings is 2. The molecule has 4 aliphatic rings. The van der Waals surface area contributed by atoms with E-state index in [0.717, 1.165) is 35.7 Å². The number of rotatable bonds is 8. The monoisotopic (exact) mass is 736 g/mol. The second kappa shape index (κ2) is 13.6. The van der Waals surface area contributed by atoms with E-state index in [9.17, 15) is 9.50 Å². The van der Waals surface area contributed by atoms with Crippen LogP contribution in [0, 0.1) is 17.3 Å². The zero-order chi connectivity index (χ0) is 37.2. The maximum atomic E-state index is 17.3. The van der Waals surface area contributed by atoms with Crippen molar-refractivity contribution in [2.45, 2.75) is 101 Å². The van der Waals surface area contributed by atoms with Crippen molar-refractivity contribution in [3.05, 3.63) is 60.1 Å². The molecular weight excluding hydrogens is 687 g/mol. The van der Waals surface area contributed by atoms with Gasteiger partial charge in [-0.25, -0.2) is 8.78 Å². The fourth-order valence-corrected chi connectivity index (χ4v) is 15.3. The maximum absolute atomic E-state index is 17.3. The van der Waals surface area contributed by atoms with Crippen LogP contribution in [-0.2, 0) is 0 Å². The van der Waals surface area contributed by atoms with Crippen molar-refractivity contribution >= 4 is 35.6 Å². The maximum Gasteiger partial charge on any atom is 0.319 e. The van der Waals surface area contributed by atoms with Crippen molar-refractivity contribution in [1.29, 1.82) is 0 Å². The standard InChI is InChI=1S/C42H50F2N6O2Si/c1-25(2)53(26(3)4,27(5)6)16-13-28-9-7-10-29-17-33(51)18-34(36(28)29)38-37(44)39-35(20-45-38)40(49-22-31-11-12-32(23-49)46-31)48-41(47-39)52-24-42-14-8-15-50(42)21-30(43)19-42/h7,9-12,17-18,20,25-27,30-32,46,51H,8,14-15,19,21-24H2,1-6H3/t30-,31-,32+,42+/m1/s1. The summed E-state index contributed by atoms with van der Waals surface area (Å²) in [6.45, 7) is 16.5. The quantitative estimate of drug-likeness (QED) is 0.107. The number of nitrogens with zero attached hydrogens (tertiary/aromatic N) is 5. The Bertz CT molecular complexity index is 2130. The summed E-state index contributed by atoms with van der Waals surface area (Å²) in [6, 6.07) is 9.44. The average Bonchev–Trinajstić information content (AvgIpc) is 3.76. The van der Waals surface area contributed by atoms with E-state index in [1.54, 1.807) is 18.3 Å². The number of hydrogen-bond donors (Lipinski definition) is 2. The van der Waals surface area contributed by atoms with Crippen molar-refractivity contribution in [1.82, 2.24) is 25.2 Å². The van der Waals surface area contributed by atoms with Gasteiger partial charge in [0.25, 0.3) is 0 Å². The highest BCUT2D eigenvalue weighted by Gasteiger charge is 2.49. The minimum absolute atomic E-state index is 0.00784. The van der Waals surface area contributed by atoms with Gasteiger partial charge in [0.05, 0.1) is 10.9 Å². The molecule has 2 bridgehead atoms. The Labute approximate surface area is 312 Å². The fourth-order valence-electron chi connectivity index (χ4n) is 10.1. The van der Waals surface area contributed by atoms with Gasteiger partial charge >= 0.3 is 6.01 Å². The number of hydrogen-bond acceptors (Lipinski definition) is 8. The molecule has 4 aromatic rings. The molecule has 0 aliphatic carbocycles. The predicted molar refractivity (Wildman–Crippen MR) is 210 cm³/mol. The molecule has 6 heterocycles. The van der Waals surface area contributed by atoms with E-state index in [4.69, 9.17) is 19.7 Å². The van der Waals surface area contributed by atoms with Crippen molar-refractivity contribution in [3.63, 3.8) is 0 Å². The Morgan fingerprint density at radius 1 is 1.04 bits per heavy atom. The van der Waals surface area contributed by atoms with Gasteiger partial charge in [0.15, 0.2) is 5.82 Å². The van der Waals surface area contributed by atoms with Gasteiger partial charge in [0.1, 0.15) is 43.6 Å². The van der Waals surface area contributed by atoms with Gasteiger partial charge in [0, 0.05) is 60.8 Å². The van der Waals surface area contributed by atoms with Crippen LogP contribution in [0.3, 0.4) is 0 Å². The van der Waals surface area contributed by atoms with Crippen molar-refractivity contribution in [2.24, 2.45) is 0 Å². The molecule has 278 valence electrons. The average molecular weight is 737 g/mol. The van der Waals surface area contributed by atoms with Gasteiger partial charge in [-0.15, -0.1) is 5.54 Å². The molecule has 0 unspecified atom stereocenters. The largest absolute Gasteiger partial charge is 0.508 e. The zero-order valence-electron chi connectivity index (χ0n) is 31.6. The number of ether oxygens (including phenoxy) is 1. The SMILES string of the molecule is CC(C)[Si](C#Cc1cccc2cc(O)cc(-c3ncc4c(N5C[C@H]6C=C[C@@H](C5)N6)nc(OC[C@@]56CCCN5C[C@H](F)C6)nc4c3F)c12)(C(C)C)C(C)C. The molecule has 0 amide bonds. The Balaban J connectivity index is 1.27. The number of piperazine rings is 1. The zero-order valence-corrected chi connectivity index (χ0v) is 32.6. The summed E-state index contributed by atoms with van der Waals surface area (Å²) in [7, 11) is -2.09. The summed E-state index contributed by atoms with van der Waals surface area (Å²) in [6.07, 6.45) is 7.31. The van der Waals surface area contributed by atoms with E-state index >= 15 is 4.39 Å². The molecule has 3 saturated heterocycles. The van der Waals surface area contributed by atoms with E-state index < -0.39 is 25.6 Å². The first-order chi connectivity index (χ1) is 25.4. The van der Waals surface area contributed by atoms with Crippen LogP contribution in [0.5, 0.6) is 11.8 Å². The van der Waals surface area contributed by atoms with Crippen LogP contribution >= 0.6 is 0 Å². The molecule has 2 aromatic carbocycles. The molecule has 4 aliphatic heterocycles. The number of phenolic OH excluding ortho intramolecular Hbond substituents is 1. The summed E-state index contributed by atoms with van der Waals surface area (Å²) in [5.74, 6) is 3.53. The van der Waals surface area contributed by atoms with E-state index in [1.807, 2.05) is 18.2 Å². The lowest BCUT2D eigenvalue weighted by Gasteiger charge is -2.38. The number of phenols is 1. The number of anilines is 1. The van der Waals surface area contributed by atoms with Crippen molar-refractivity contribution in [3.8, 4) is 34.5 Å². The van der Waals surface area contributed by atoms with Gasteiger partial charge in [-0.05, 0) is 59.6 Å². The van der Waals surface area contributed by atoms with Crippen LogP contribution in [0.2, 0.25) is 16.6 Å². The molecule has 4 atom stereocenters. The van der Waals surface area contributed by atoms with Crippen molar-refractivity contribution < 1.29 is 18.6 Å². The Morgan fingerprint density at radius 2 is 1.77 bits per heavy atom. The number of pyridine rings is 1. The predicted octanol–water partition coefficient (Wildman–Crippen LogP) is 7.93. The third-order valence-corrected chi connectivity index (χ3v) is 18.8. The second-order valence-corrected chi connectivity index (χ2v) is 22.2. The molecule has 0 radical (unpaired) electrons. The van der Waals surface area contributed by atoms with E-state index in [0.29, 0.717) is 59.4 Å². The van der Waals surface area contributed by atoms with Crippen LogP contribution < -0.4 is 15.0 Å². The van der Waals surface area contributed by atoms with E-state index in [2.05, 4.69) is 80.3 Å². The van der Waals surface area contributed by atoms with Gasteiger partial charge < -0.3 is 20.1 Å². The van der Waals surface area contributed by atoms with Crippen LogP contribution in [0.4, 0.5) is 14.6 Å². The smallest absolute Gasteiger partial charge is 0.319 e. The lowest BCUT2D eigenvalue weighted by molar-refractivity contribution is 0.107. The number of alkyl halides is 1. The molecule has 2 N–H and O–H groups in total. The first kappa shape index (κ1) is 35.9. The number of aromatic hydroxyl groups is 1. The van der Waals surface area contributed by atoms with Crippen molar-refractivity contribution in [2.75, 3.05) is 37.7 Å². The van der Waals surface area contributed by atoms with Crippen LogP contribution in [0.25, 0.3) is 32.9 Å². The lowest BCUT2D eigenvalue weighted by atomic mass is 9.95. The van der Waals surface area contributed by atoms with E-state index in [1.165, 1.54) is 0 Å². The Morgan fingerprint density at radius 3 is 2.49 bits per heavy atom. The van der Waals surface area contributed by atoms with Crippen LogP contribution in [0.1, 0.15) is 66.4 Å². The Hall–Kier alpha value is -4.11. The lowest BCUT2D eigenvalue weighted by Crippen LogP contribution is -2.52. The Kier molecular flexibility index (Phi) is 9.23. The molecule has 0 saturated carbocycles. The molecule has 3 fully saturated rings.